The monoisotopic (exact) mass is 280 g/mol. The SMILES string of the molecule is O=C(O)c1ccccc1-c1sccc1-c1ccccc1. The summed E-state index contributed by atoms with van der Waals surface area (Å²) in [5, 5.41) is 11.3. The molecule has 98 valence electrons. The topological polar surface area (TPSA) is 37.3 Å². The lowest BCUT2D eigenvalue weighted by Gasteiger charge is -2.07. The van der Waals surface area contributed by atoms with Gasteiger partial charge in [-0.25, -0.2) is 4.79 Å². The Balaban J connectivity index is 2.18. The first-order chi connectivity index (χ1) is 9.77. The summed E-state index contributed by atoms with van der Waals surface area (Å²) >= 11 is 1.57. The molecule has 0 fully saturated rings. The van der Waals surface area contributed by atoms with Gasteiger partial charge in [-0.05, 0) is 23.1 Å². The van der Waals surface area contributed by atoms with Crippen LogP contribution in [0.4, 0.5) is 0 Å². The average molecular weight is 280 g/mol. The summed E-state index contributed by atoms with van der Waals surface area (Å²) in [5.41, 5.74) is 3.29. The number of carboxylic acids is 1. The van der Waals surface area contributed by atoms with Crippen molar-refractivity contribution in [2.45, 2.75) is 0 Å². The van der Waals surface area contributed by atoms with Gasteiger partial charge in [0.1, 0.15) is 0 Å². The number of carbonyl (C=O) groups is 1. The lowest BCUT2D eigenvalue weighted by molar-refractivity contribution is 0.0698. The van der Waals surface area contributed by atoms with Gasteiger partial charge in [0.25, 0.3) is 0 Å². The molecule has 1 heterocycles. The van der Waals surface area contributed by atoms with Gasteiger partial charge in [-0.3, -0.25) is 0 Å². The van der Waals surface area contributed by atoms with Crippen LogP contribution in [0.3, 0.4) is 0 Å². The van der Waals surface area contributed by atoms with Gasteiger partial charge in [0, 0.05) is 16.0 Å². The summed E-state index contributed by atoms with van der Waals surface area (Å²) in [4.78, 5) is 12.4. The highest BCUT2D eigenvalue weighted by Gasteiger charge is 2.15. The van der Waals surface area contributed by atoms with Crippen molar-refractivity contribution < 1.29 is 9.90 Å². The maximum Gasteiger partial charge on any atom is 0.336 e. The molecule has 0 amide bonds. The summed E-state index contributed by atoms with van der Waals surface area (Å²) in [6, 6.07) is 19.2. The van der Waals surface area contributed by atoms with Crippen molar-refractivity contribution in [2.24, 2.45) is 0 Å². The van der Waals surface area contributed by atoms with Gasteiger partial charge >= 0.3 is 5.97 Å². The van der Waals surface area contributed by atoms with E-state index in [1.807, 2.05) is 53.9 Å². The molecule has 1 N–H and O–H groups in total. The Kier molecular flexibility index (Phi) is 3.35. The second kappa shape index (κ2) is 5.31. The highest BCUT2D eigenvalue weighted by atomic mass is 32.1. The van der Waals surface area contributed by atoms with Crippen LogP contribution < -0.4 is 0 Å². The van der Waals surface area contributed by atoms with Gasteiger partial charge in [-0.1, -0.05) is 48.5 Å². The minimum Gasteiger partial charge on any atom is -0.478 e. The molecule has 0 atom stereocenters. The molecule has 0 bridgehead atoms. The largest absolute Gasteiger partial charge is 0.478 e. The van der Waals surface area contributed by atoms with Crippen molar-refractivity contribution in [3.8, 4) is 21.6 Å². The van der Waals surface area contributed by atoms with Crippen LogP contribution in [0.1, 0.15) is 10.4 Å². The predicted molar refractivity (Wildman–Crippen MR) is 82.2 cm³/mol. The average Bonchev–Trinajstić information content (AvgIpc) is 2.97. The summed E-state index contributed by atoms with van der Waals surface area (Å²) < 4.78 is 0. The van der Waals surface area contributed by atoms with E-state index in [2.05, 4.69) is 0 Å². The Morgan fingerprint density at radius 2 is 1.55 bits per heavy atom. The number of carboxylic acid groups (broad SMARTS) is 1. The molecule has 2 aromatic carbocycles. The van der Waals surface area contributed by atoms with Gasteiger partial charge in [0.2, 0.25) is 0 Å². The quantitative estimate of drug-likeness (QED) is 0.749. The van der Waals surface area contributed by atoms with E-state index in [1.165, 1.54) is 0 Å². The fourth-order valence-electron chi connectivity index (χ4n) is 2.23. The van der Waals surface area contributed by atoms with Crippen LogP contribution >= 0.6 is 11.3 Å². The molecule has 3 aromatic rings. The van der Waals surface area contributed by atoms with E-state index in [0.717, 1.165) is 21.6 Å². The first kappa shape index (κ1) is 12.6. The molecule has 0 saturated heterocycles. The Bertz CT molecular complexity index is 744. The summed E-state index contributed by atoms with van der Waals surface area (Å²) in [6.07, 6.45) is 0. The van der Waals surface area contributed by atoms with Crippen LogP contribution in [0.25, 0.3) is 21.6 Å². The number of rotatable bonds is 3. The first-order valence-electron chi connectivity index (χ1n) is 6.23. The Morgan fingerprint density at radius 1 is 0.850 bits per heavy atom. The van der Waals surface area contributed by atoms with Crippen molar-refractivity contribution in [1.82, 2.24) is 0 Å². The highest BCUT2D eigenvalue weighted by molar-refractivity contribution is 7.14. The summed E-state index contributed by atoms with van der Waals surface area (Å²) in [5.74, 6) is -0.895. The van der Waals surface area contributed by atoms with Gasteiger partial charge < -0.3 is 5.11 Å². The predicted octanol–water partition coefficient (Wildman–Crippen LogP) is 4.78. The zero-order valence-electron chi connectivity index (χ0n) is 10.6. The van der Waals surface area contributed by atoms with E-state index in [0.29, 0.717) is 5.56 Å². The van der Waals surface area contributed by atoms with Crippen molar-refractivity contribution in [1.29, 1.82) is 0 Å². The van der Waals surface area contributed by atoms with Crippen molar-refractivity contribution >= 4 is 17.3 Å². The second-order valence-corrected chi connectivity index (χ2v) is 5.30. The number of hydrogen-bond donors (Lipinski definition) is 1. The number of aromatic carboxylic acids is 1. The van der Waals surface area contributed by atoms with Crippen LogP contribution in [-0.4, -0.2) is 11.1 Å². The van der Waals surface area contributed by atoms with Gasteiger partial charge in [-0.2, -0.15) is 0 Å². The van der Waals surface area contributed by atoms with Gasteiger partial charge in [0.05, 0.1) is 5.56 Å². The van der Waals surface area contributed by atoms with Crippen LogP contribution in [0.5, 0.6) is 0 Å². The molecule has 0 saturated carbocycles. The molecule has 20 heavy (non-hydrogen) atoms. The van der Waals surface area contributed by atoms with Crippen LogP contribution in [0.15, 0.2) is 66.0 Å². The maximum atomic E-state index is 11.4. The number of hydrogen-bond acceptors (Lipinski definition) is 2. The fourth-order valence-corrected chi connectivity index (χ4v) is 3.19. The van der Waals surface area contributed by atoms with Crippen molar-refractivity contribution in [3.63, 3.8) is 0 Å². The van der Waals surface area contributed by atoms with E-state index in [4.69, 9.17) is 0 Å². The van der Waals surface area contributed by atoms with E-state index in [9.17, 15) is 9.90 Å². The third kappa shape index (κ3) is 2.24. The molecular weight excluding hydrogens is 268 g/mol. The standard InChI is InChI=1S/C17H12O2S/c18-17(19)15-9-5-4-8-14(15)16-13(10-11-20-16)12-6-2-1-3-7-12/h1-11H,(H,18,19). The number of benzene rings is 2. The van der Waals surface area contributed by atoms with Crippen molar-refractivity contribution in [2.75, 3.05) is 0 Å². The summed E-state index contributed by atoms with van der Waals surface area (Å²) in [7, 11) is 0. The zero-order valence-corrected chi connectivity index (χ0v) is 11.4. The van der Waals surface area contributed by atoms with Crippen LogP contribution in [0, 0.1) is 0 Å². The minimum atomic E-state index is -0.895. The Morgan fingerprint density at radius 3 is 2.30 bits per heavy atom. The minimum absolute atomic E-state index is 0.340. The molecule has 0 radical (unpaired) electrons. The number of thiophene rings is 1. The van der Waals surface area contributed by atoms with Gasteiger partial charge in [0.15, 0.2) is 0 Å². The molecule has 1 aromatic heterocycles. The Hall–Kier alpha value is -2.39. The third-order valence-electron chi connectivity index (χ3n) is 3.15. The molecule has 3 rings (SSSR count). The molecule has 0 aliphatic heterocycles. The van der Waals surface area contributed by atoms with Gasteiger partial charge in [-0.15, -0.1) is 11.3 Å². The third-order valence-corrected chi connectivity index (χ3v) is 4.10. The van der Waals surface area contributed by atoms with E-state index >= 15 is 0 Å². The molecule has 0 aliphatic rings. The normalized spacial score (nSPS) is 10.4. The van der Waals surface area contributed by atoms with E-state index in [-0.39, 0.29) is 0 Å². The smallest absolute Gasteiger partial charge is 0.336 e. The lowest BCUT2D eigenvalue weighted by Crippen LogP contribution is -1.98. The van der Waals surface area contributed by atoms with Crippen LogP contribution in [0.2, 0.25) is 0 Å². The molecule has 0 spiro atoms. The summed E-state index contributed by atoms with van der Waals surface area (Å²) in [6.45, 7) is 0. The van der Waals surface area contributed by atoms with E-state index in [1.54, 1.807) is 23.5 Å². The van der Waals surface area contributed by atoms with Crippen LogP contribution in [-0.2, 0) is 0 Å². The Labute approximate surface area is 121 Å². The molecule has 3 heteroatoms. The zero-order chi connectivity index (χ0) is 13.9. The molecule has 0 aliphatic carbocycles. The molecular formula is C17H12O2S. The lowest BCUT2D eigenvalue weighted by atomic mass is 9.99. The molecule has 2 nitrogen and oxygen atoms in total. The van der Waals surface area contributed by atoms with E-state index < -0.39 is 5.97 Å². The fraction of sp³-hybridized carbons (Fsp3) is 0. The highest BCUT2D eigenvalue weighted by Crippen LogP contribution is 2.38. The maximum absolute atomic E-state index is 11.4. The first-order valence-corrected chi connectivity index (χ1v) is 7.11. The van der Waals surface area contributed by atoms with Crippen molar-refractivity contribution in [3.05, 3.63) is 71.6 Å². The second-order valence-electron chi connectivity index (χ2n) is 4.38. The molecule has 0 unspecified atom stereocenters.